The van der Waals surface area contributed by atoms with Gasteiger partial charge in [-0.15, -0.1) is 0 Å². The van der Waals surface area contributed by atoms with E-state index in [4.69, 9.17) is 0 Å². The molecule has 62 valence electrons. The van der Waals surface area contributed by atoms with Crippen LogP contribution in [0.5, 0.6) is 0 Å². The normalized spacial score (nSPS) is 30.3. The quantitative estimate of drug-likeness (QED) is 0.476. The lowest BCUT2D eigenvalue weighted by Crippen LogP contribution is -2.11. The second-order valence-corrected chi connectivity index (χ2v) is 3.81. The summed E-state index contributed by atoms with van der Waals surface area (Å²) in [6.07, 6.45) is 4.70. The van der Waals surface area contributed by atoms with Crippen molar-refractivity contribution in [3.63, 3.8) is 0 Å². The van der Waals surface area contributed by atoms with Gasteiger partial charge in [0, 0.05) is 12.3 Å². The lowest BCUT2D eigenvalue weighted by Gasteiger charge is -2.10. The van der Waals surface area contributed by atoms with Crippen molar-refractivity contribution < 1.29 is 9.59 Å². The van der Waals surface area contributed by atoms with Crippen molar-refractivity contribution in [1.82, 2.24) is 0 Å². The monoisotopic (exact) mass is 172 g/mol. The fourth-order valence-electron chi connectivity index (χ4n) is 1.76. The van der Waals surface area contributed by atoms with Gasteiger partial charge in [-0.2, -0.15) is 0 Å². The van der Waals surface area contributed by atoms with Crippen LogP contribution < -0.4 is 0 Å². The molecule has 0 N–H and O–H groups in total. The fraction of sp³-hybridized carbons (Fsp3) is 0.750. The van der Waals surface area contributed by atoms with E-state index in [1.54, 1.807) is 0 Å². The van der Waals surface area contributed by atoms with Crippen molar-refractivity contribution in [3.05, 3.63) is 0 Å². The third kappa shape index (κ3) is 2.37. The third-order valence-corrected chi connectivity index (χ3v) is 2.59. The number of aldehydes is 1. The van der Waals surface area contributed by atoms with Crippen LogP contribution >= 0.6 is 9.24 Å². The van der Waals surface area contributed by atoms with Crippen LogP contribution in [-0.4, -0.2) is 11.8 Å². The minimum absolute atomic E-state index is 0.128. The summed E-state index contributed by atoms with van der Waals surface area (Å²) in [6.45, 7) is 0. The molecule has 0 aromatic rings. The van der Waals surface area contributed by atoms with Gasteiger partial charge in [-0.25, -0.2) is 0 Å². The van der Waals surface area contributed by atoms with Gasteiger partial charge in [0.15, 0.2) is 0 Å². The molecule has 3 atom stereocenters. The van der Waals surface area contributed by atoms with Gasteiger partial charge in [0.1, 0.15) is 11.8 Å². The molecule has 0 radical (unpaired) electrons. The van der Waals surface area contributed by atoms with E-state index in [0.29, 0.717) is 12.3 Å². The Hall–Kier alpha value is -0.230. The van der Waals surface area contributed by atoms with Crippen molar-refractivity contribution >= 4 is 21.1 Å². The van der Waals surface area contributed by atoms with Crippen LogP contribution in [0.15, 0.2) is 0 Å². The van der Waals surface area contributed by atoms with Gasteiger partial charge in [0.25, 0.3) is 0 Å². The predicted octanol–water partition coefficient (Wildman–Crippen LogP) is 1.39. The highest BCUT2D eigenvalue weighted by Crippen LogP contribution is 2.33. The Bertz CT molecular complexity index is 167. The van der Waals surface area contributed by atoms with E-state index in [9.17, 15) is 9.59 Å². The van der Waals surface area contributed by atoms with Gasteiger partial charge in [0.2, 0.25) is 0 Å². The first kappa shape index (κ1) is 8.86. The molecule has 1 unspecified atom stereocenters. The summed E-state index contributed by atoms with van der Waals surface area (Å²) >= 11 is 0. The second-order valence-electron chi connectivity index (χ2n) is 3.16. The summed E-state index contributed by atoms with van der Waals surface area (Å²) in [4.78, 5) is 21.2. The molecule has 0 bridgehead atoms. The van der Waals surface area contributed by atoms with Crippen LogP contribution in [0.1, 0.15) is 25.7 Å². The van der Waals surface area contributed by atoms with Gasteiger partial charge < -0.3 is 4.79 Å². The Morgan fingerprint density at radius 2 is 2.27 bits per heavy atom. The Kier molecular flexibility index (Phi) is 3.19. The molecule has 1 aliphatic carbocycles. The van der Waals surface area contributed by atoms with Crippen LogP contribution in [0.2, 0.25) is 0 Å². The van der Waals surface area contributed by atoms with Gasteiger partial charge in [-0.05, 0) is 18.8 Å². The number of rotatable bonds is 3. The van der Waals surface area contributed by atoms with Gasteiger partial charge in [-0.1, -0.05) is 15.7 Å². The van der Waals surface area contributed by atoms with Crippen LogP contribution in [-0.2, 0) is 9.59 Å². The van der Waals surface area contributed by atoms with Crippen molar-refractivity contribution in [1.29, 1.82) is 0 Å². The highest BCUT2D eigenvalue weighted by atomic mass is 31.0. The van der Waals surface area contributed by atoms with E-state index < -0.39 is 0 Å². The summed E-state index contributed by atoms with van der Waals surface area (Å²) in [5, 5.41) is 0. The Morgan fingerprint density at radius 1 is 1.55 bits per heavy atom. The Labute approximate surface area is 68.9 Å². The van der Waals surface area contributed by atoms with Crippen molar-refractivity contribution in [2.75, 3.05) is 0 Å². The molecule has 0 saturated heterocycles. The smallest absolute Gasteiger partial charge is 0.148 e. The highest BCUT2D eigenvalue weighted by molar-refractivity contribution is 7.40. The molecular weight excluding hydrogens is 159 g/mol. The molecule has 0 aliphatic heterocycles. The molecule has 1 rings (SSSR count). The fourth-order valence-corrected chi connectivity index (χ4v) is 2.06. The zero-order valence-corrected chi connectivity index (χ0v) is 7.61. The SMILES string of the molecule is O=C[C@H]1CCC[C@@H]1CC(=O)P. The lowest BCUT2D eigenvalue weighted by atomic mass is 9.95. The molecule has 3 heteroatoms. The van der Waals surface area contributed by atoms with E-state index in [1.807, 2.05) is 0 Å². The molecule has 0 aromatic carbocycles. The minimum Gasteiger partial charge on any atom is -0.303 e. The largest absolute Gasteiger partial charge is 0.303 e. The zero-order chi connectivity index (χ0) is 8.27. The molecule has 11 heavy (non-hydrogen) atoms. The van der Waals surface area contributed by atoms with Gasteiger partial charge in [-0.3, -0.25) is 4.79 Å². The van der Waals surface area contributed by atoms with Crippen LogP contribution in [0.3, 0.4) is 0 Å². The first-order valence-corrected chi connectivity index (χ1v) is 4.55. The molecule has 1 fully saturated rings. The predicted molar refractivity (Wildman–Crippen MR) is 46.2 cm³/mol. The first-order chi connectivity index (χ1) is 5.24. The summed E-state index contributed by atoms with van der Waals surface area (Å²) < 4.78 is 0. The molecule has 2 nitrogen and oxygen atoms in total. The van der Waals surface area contributed by atoms with Gasteiger partial charge in [0.05, 0.1) is 0 Å². The highest BCUT2D eigenvalue weighted by Gasteiger charge is 2.27. The van der Waals surface area contributed by atoms with Crippen molar-refractivity contribution in [2.45, 2.75) is 25.7 Å². The molecule has 0 spiro atoms. The Balaban J connectivity index is 2.43. The van der Waals surface area contributed by atoms with Crippen molar-refractivity contribution in [3.8, 4) is 0 Å². The lowest BCUT2D eigenvalue weighted by molar-refractivity contribution is -0.114. The standard InChI is InChI=1S/C8H13O2P/c9-5-7-3-1-2-6(7)4-8(10)11/h5-7H,1-4,11H2/t6-,7-/m1/s1. The summed E-state index contributed by atoms with van der Waals surface area (Å²) in [5.41, 5.74) is 0.128. The van der Waals surface area contributed by atoms with E-state index in [0.717, 1.165) is 25.5 Å². The summed E-state index contributed by atoms with van der Waals surface area (Å²) in [5.74, 6) is 0.483. The topological polar surface area (TPSA) is 34.1 Å². The average molecular weight is 172 g/mol. The maximum atomic E-state index is 10.7. The van der Waals surface area contributed by atoms with Crippen molar-refractivity contribution in [2.24, 2.45) is 11.8 Å². The number of carbonyl (C=O) groups is 2. The number of hydrogen-bond acceptors (Lipinski definition) is 2. The van der Waals surface area contributed by atoms with Gasteiger partial charge >= 0.3 is 0 Å². The molecular formula is C8H13O2P. The molecule has 1 aliphatic rings. The van der Waals surface area contributed by atoms with Crippen LogP contribution in [0, 0.1) is 11.8 Å². The maximum Gasteiger partial charge on any atom is 0.148 e. The number of hydrogen-bond donors (Lipinski definition) is 0. The average Bonchev–Trinajstić information content (AvgIpc) is 2.34. The number of carbonyl (C=O) groups excluding carboxylic acids is 2. The summed E-state index contributed by atoms with van der Waals surface area (Å²) in [7, 11) is 2.17. The zero-order valence-electron chi connectivity index (χ0n) is 6.45. The molecule has 0 heterocycles. The van der Waals surface area contributed by atoms with Crippen LogP contribution in [0.25, 0.3) is 0 Å². The summed E-state index contributed by atoms with van der Waals surface area (Å²) in [6, 6.07) is 0. The minimum atomic E-state index is 0.128. The van der Waals surface area contributed by atoms with Crippen LogP contribution in [0.4, 0.5) is 0 Å². The van der Waals surface area contributed by atoms with E-state index in [2.05, 4.69) is 9.24 Å². The molecule has 0 amide bonds. The first-order valence-electron chi connectivity index (χ1n) is 3.97. The maximum absolute atomic E-state index is 10.7. The molecule has 1 saturated carbocycles. The third-order valence-electron chi connectivity index (χ3n) is 2.36. The Morgan fingerprint density at radius 3 is 2.82 bits per heavy atom. The van der Waals surface area contributed by atoms with E-state index >= 15 is 0 Å². The molecule has 0 aromatic heterocycles. The second kappa shape index (κ2) is 3.96. The van der Waals surface area contributed by atoms with E-state index in [1.165, 1.54) is 0 Å². The van der Waals surface area contributed by atoms with E-state index in [-0.39, 0.29) is 11.4 Å².